The summed E-state index contributed by atoms with van der Waals surface area (Å²) in [5.41, 5.74) is 2.46. The number of carbonyl (C=O) groups is 2. The van der Waals surface area contributed by atoms with Gasteiger partial charge in [-0.25, -0.2) is 0 Å². The second kappa shape index (κ2) is 9.53. The van der Waals surface area contributed by atoms with Crippen molar-refractivity contribution < 1.29 is 19.4 Å². The van der Waals surface area contributed by atoms with E-state index in [1.165, 1.54) is 0 Å². The fraction of sp³-hybridized carbons (Fsp3) is 0.333. The molecule has 172 valence electrons. The van der Waals surface area contributed by atoms with Gasteiger partial charge in [0, 0.05) is 41.8 Å². The number of aromatic nitrogens is 1. The molecule has 6 nitrogen and oxygen atoms in total. The first kappa shape index (κ1) is 22.6. The summed E-state index contributed by atoms with van der Waals surface area (Å²) in [5.74, 6) is -0.673. The average Bonchev–Trinajstić information content (AvgIpc) is 3.29. The number of likely N-dealkylation sites (tertiary alicyclic amines) is 1. The Kier molecular flexibility index (Phi) is 6.54. The van der Waals surface area contributed by atoms with Crippen LogP contribution in [-0.4, -0.2) is 39.4 Å². The number of Topliss-reactive ketones (excluding diaryl/α,β-unsaturated/α-hetero) is 1. The number of ether oxygens (including phenoxy) is 1. The summed E-state index contributed by atoms with van der Waals surface area (Å²) in [6.07, 6.45) is 4.52. The van der Waals surface area contributed by atoms with Crippen LogP contribution in [0.2, 0.25) is 0 Å². The molecule has 1 N–H and O–H groups in total. The fourth-order valence-electron chi connectivity index (χ4n) is 4.44. The SMILES string of the molecule is CCCCN1C(=O)C(=O)/C(=C(/O)c2ccc(OCCC)cc2)C1c1cn(C)c2ccccc12. The van der Waals surface area contributed by atoms with Crippen LogP contribution in [0.4, 0.5) is 0 Å². The van der Waals surface area contributed by atoms with Crippen LogP contribution in [0.5, 0.6) is 5.75 Å². The fourth-order valence-corrected chi connectivity index (χ4v) is 4.44. The lowest BCUT2D eigenvalue weighted by Gasteiger charge is -2.24. The van der Waals surface area contributed by atoms with Crippen LogP contribution in [-0.2, 0) is 16.6 Å². The molecule has 1 fully saturated rings. The number of aliphatic hydroxyl groups is 1. The predicted molar refractivity (Wildman–Crippen MR) is 129 cm³/mol. The topological polar surface area (TPSA) is 71.8 Å². The zero-order valence-electron chi connectivity index (χ0n) is 19.4. The lowest BCUT2D eigenvalue weighted by atomic mass is 9.95. The van der Waals surface area contributed by atoms with Crippen LogP contribution in [0.3, 0.4) is 0 Å². The van der Waals surface area contributed by atoms with E-state index in [0.29, 0.717) is 24.5 Å². The van der Waals surface area contributed by atoms with Gasteiger partial charge < -0.3 is 19.3 Å². The number of unbranched alkanes of at least 4 members (excludes halogenated alkanes) is 1. The number of para-hydroxylation sites is 1. The van der Waals surface area contributed by atoms with Gasteiger partial charge in [-0.3, -0.25) is 9.59 Å². The molecule has 33 heavy (non-hydrogen) atoms. The van der Waals surface area contributed by atoms with Gasteiger partial charge in [0.15, 0.2) is 0 Å². The van der Waals surface area contributed by atoms with Gasteiger partial charge in [0.05, 0.1) is 18.2 Å². The lowest BCUT2D eigenvalue weighted by Crippen LogP contribution is -2.30. The number of hydrogen-bond acceptors (Lipinski definition) is 4. The Bertz CT molecular complexity index is 1210. The summed E-state index contributed by atoms with van der Waals surface area (Å²) in [5, 5.41) is 12.2. The summed E-state index contributed by atoms with van der Waals surface area (Å²) in [7, 11) is 1.94. The number of fused-ring (bicyclic) bond motifs is 1. The van der Waals surface area contributed by atoms with Crippen molar-refractivity contribution in [2.45, 2.75) is 39.2 Å². The van der Waals surface area contributed by atoms with Crippen LogP contribution >= 0.6 is 0 Å². The highest BCUT2D eigenvalue weighted by atomic mass is 16.5. The molecule has 1 amide bonds. The molecule has 4 rings (SSSR count). The van der Waals surface area contributed by atoms with Crippen molar-refractivity contribution >= 4 is 28.4 Å². The van der Waals surface area contributed by atoms with E-state index in [0.717, 1.165) is 35.7 Å². The molecule has 0 bridgehead atoms. The molecule has 0 spiro atoms. The molecular formula is C27H30N2O4. The molecule has 2 aromatic carbocycles. The Morgan fingerprint density at radius 2 is 1.76 bits per heavy atom. The van der Waals surface area contributed by atoms with Crippen LogP contribution < -0.4 is 4.74 Å². The molecule has 1 unspecified atom stereocenters. The van der Waals surface area contributed by atoms with E-state index in [1.807, 2.05) is 55.9 Å². The maximum Gasteiger partial charge on any atom is 0.295 e. The van der Waals surface area contributed by atoms with E-state index < -0.39 is 17.7 Å². The third-order valence-corrected chi connectivity index (χ3v) is 6.12. The maximum atomic E-state index is 13.2. The Morgan fingerprint density at radius 3 is 2.45 bits per heavy atom. The van der Waals surface area contributed by atoms with Gasteiger partial charge in [0.2, 0.25) is 0 Å². The van der Waals surface area contributed by atoms with Gasteiger partial charge >= 0.3 is 0 Å². The minimum atomic E-state index is -0.646. The molecule has 0 saturated carbocycles. The summed E-state index contributed by atoms with van der Waals surface area (Å²) in [4.78, 5) is 27.9. The van der Waals surface area contributed by atoms with Crippen molar-refractivity contribution in [3.8, 4) is 5.75 Å². The van der Waals surface area contributed by atoms with Gasteiger partial charge in [-0.1, -0.05) is 38.5 Å². The number of rotatable bonds is 8. The highest BCUT2D eigenvalue weighted by Gasteiger charge is 2.46. The normalized spacial score (nSPS) is 17.8. The van der Waals surface area contributed by atoms with Crippen molar-refractivity contribution in [2.24, 2.45) is 7.05 Å². The van der Waals surface area contributed by atoms with Gasteiger partial charge in [0.1, 0.15) is 11.5 Å². The van der Waals surface area contributed by atoms with Gasteiger partial charge in [-0.05, 0) is 43.2 Å². The molecule has 1 atom stereocenters. The molecule has 1 aromatic heterocycles. The predicted octanol–water partition coefficient (Wildman–Crippen LogP) is 5.19. The first-order valence-electron chi connectivity index (χ1n) is 11.5. The molecule has 1 aliphatic rings. The van der Waals surface area contributed by atoms with Gasteiger partial charge in [-0.15, -0.1) is 0 Å². The number of aryl methyl sites for hydroxylation is 1. The molecule has 0 radical (unpaired) electrons. The van der Waals surface area contributed by atoms with Gasteiger partial charge in [-0.2, -0.15) is 0 Å². The number of ketones is 1. The quantitative estimate of drug-likeness (QED) is 0.294. The molecule has 6 heteroatoms. The summed E-state index contributed by atoms with van der Waals surface area (Å²) < 4.78 is 7.62. The minimum absolute atomic E-state index is 0.134. The van der Waals surface area contributed by atoms with Crippen LogP contribution in [0.25, 0.3) is 16.7 Å². The Morgan fingerprint density at radius 1 is 1.03 bits per heavy atom. The Balaban J connectivity index is 1.85. The molecule has 1 saturated heterocycles. The summed E-state index contributed by atoms with van der Waals surface area (Å²) in [6.45, 7) is 5.14. The minimum Gasteiger partial charge on any atom is -0.507 e. The largest absolute Gasteiger partial charge is 0.507 e. The average molecular weight is 447 g/mol. The lowest BCUT2D eigenvalue weighted by molar-refractivity contribution is -0.139. The highest BCUT2D eigenvalue weighted by Crippen LogP contribution is 2.42. The monoisotopic (exact) mass is 446 g/mol. The second-order valence-corrected chi connectivity index (χ2v) is 8.43. The van der Waals surface area contributed by atoms with Crippen molar-refractivity contribution in [2.75, 3.05) is 13.2 Å². The summed E-state index contributed by atoms with van der Waals surface area (Å²) >= 11 is 0. The van der Waals surface area contributed by atoms with Gasteiger partial charge in [0.25, 0.3) is 11.7 Å². The Hall–Kier alpha value is -3.54. The second-order valence-electron chi connectivity index (χ2n) is 8.43. The maximum absolute atomic E-state index is 13.2. The van der Waals surface area contributed by atoms with Crippen LogP contribution in [0, 0.1) is 0 Å². The van der Waals surface area contributed by atoms with Crippen molar-refractivity contribution in [3.63, 3.8) is 0 Å². The van der Waals surface area contributed by atoms with Crippen molar-refractivity contribution in [1.29, 1.82) is 0 Å². The zero-order valence-corrected chi connectivity index (χ0v) is 19.4. The number of aliphatic hydroxyl groups excluding tert-OH is 1. The smallest absolute Gasteiger partial charge is 0.295 e. The van der Waals surface area contributed by atoms with E-state index in [1.54, 1.807) is 29.2 Å². The van der Waals surface area contributed by atoms with Crippen LogP contribution in [0.15, 0.2) is 60.3 Å². The third kappa shape index (κ3) is 4.13. The van der Waals surface area contributed by atoms with E-state index in [2.05, 4.69) is 0 Å². The standard InChI is InChI=1S/C27H30N2O4/c1-4-6-15-29-24(21-17-28(3)22-10-8-7-9-20(21)22)23(26(31)27(29)32)25(30)18-11-13-19(14-12-18)33-16-5-2/h7-14,17,24,30H,4-6,15-16H2,1-3H3/b25-23+. The van der Waals surface area contributed by atoms with Crippen molar-refractivity contribution in [3.05, 3.63) is 71.4 Å². The van der Waals surface area contributed by atoms with Crippen molar-refractivity contribution in [1.82, 2.24) is 9.47 Å². The van der Waals surface area contributed by atoms with E-state index in [4.69, 9.17) is 4.74 Å². The third-order valence-electron chi connectivity index (χ3n) is 6.12. The molecule has 3 aromatic rings. The number of nitrogens with zero attached hydrogens (tertiary/aromatic N) is 2. The number of amides is 1. The molecule has 2 heterocycles. The van der Waals surface area contributed by atoms with E-state index in [9.17, 15) is 14.7 Å². The highest BCUT2D eigenvalue weighted by molar-refractivity contribution is 6.46. The first-order valence-corrected chi connectivity index (χ1v) is 11.5. The molecular weight excluding hydrogens is 416 g/mol. The number of benzene rings is 2. The number of carbonyl (C=O) groups excluding carboxylic acids is 2. The summed E-state index contributed by atoms with van der Waals surface area (Å²) in [6, 6.07) is 14.2. The first-order chi connectivity index (χ1) is 16.0. The van der Waals surface area contributed by atoms with E-state index >= 15 is 0 Å². The molecule has 1 aliphatic heterocycles. The van der Waals surface area contributed by atoms with Crippen LogP contribution in [0.1, 0.15) is 50.3 Å². The molecule has 0 aliphatic carbocycles. The van der Waals surface area contributed by atoms with E-state index in [-0.39, 0.29) is 11.3 Å². The zero-order chi connectivity index (χ0) is 23.5. The number of hydrogen-bond donors (Lipinski definition) is 1. The Labute approximate surface area is 194 Å².